The van der Waals surface area contributed by atoms with E-state index >= 15 is 0 Å². The molecule has 1 N–H and O–H groups in total. The zero-order chi connectivity index (χ0) is 15.2. The number of nitrogens with one attached hydrogen (secondary N) is 1. The molecule has 0 unspecified atom stereocenters. The van der Waals surface area contributed by atoms with Crippen LogP contribution in [0.5, 0.6) is 5.75 Å². The Morgan fingerprint density at radius 1 is 1.19 bits per heavy atom. The fourth-order valence-electron chi connectivity index (χ4n) is 3.16. The number of ether oxygens (including phenoxy) is 1. The highest BCUT2D eigenvalue weighted by Crippen LogP contribution is 2.30. The second-order valence-corrected chi connectivity index (χ2v) is 7.49. The summed E-state index contributed by atoms with van der Waals surface area (Å²) in [5, 5.41) is 0. The molecule has 2 rings (SSSR count). The second-order valence-electron chi connectivity index (χ2n) is 6.63. The van der Waals surface area contributed by atoms with Gasteiger partial charge in [0.2, 0.25) is 0 Å². The molecule has 0 bridgehead atoms. The lowest BCUT2D eigenvalue weighted by Crippen LogP contribution is -3.13. The average molecular weight is 355 g/mol. The molecule has 1 aromatic rings. The Bertz CT molecular complexity index is 430. The van der Waals surface area contributed by atoms with Gasteiger partial charge in [0.1, 0.15) is 5.75 Å². The van der Waals surface area contributed by atoms with Crippen LogP contribution < -0.4 is 9.64 Å². The molecule has 0 saturated carbocycles. The zero-order valence-electron chi connectivity index (χ0n) is 13.7. The van der Waals surface area contributed by atoms with Gasteiger partial charge >= 0.3 is 0 Å². The third-order valence-corrected chi connectivity index (χ3v) is 5.12. The molecular weight excluding hydrogens is 326 g/mol. The lowest BCUT2D eigenvalue weighted by atomic mass is 9.99. The predicted molar refractivity (Wildman–Crippen MR) is 92.3 cm³/mol. The van der Waals surface area contributed by atoms with E-state index in [1.54, 1.807) is 4.90 Å². The predicted octanol–water partition coefficient (Wildman–Crippen LogP) is 3.54. The van der Waals surface area contributed by atoms with Crippen LogP contribution in [0.3, 0.4) is 0 Å². The monoisotopic (exact) mass is 354 g/mol. The molecule has 0 spiro atoms. The van der Waals surface area contributed by atoms with Crippen LogP contribution in [0.2, 0.25) is 0 Å². The standard InChI is InChI=1S/C18H28BrNO/c1-14-6-9-20(10-7-14)8-4-5-11-21-18-16(3)12-15(2)13-17(18)19/h12-14H,4-11H2,1-3H3/p+1. The van der Waals surface area contributed by atoms with Crippen molar-refractivity contribution in [1.82, 2.24) is 0 Å². The molecule has 21 heavy (non-hydrogen) atoms. The van der Waals surface area contributed by atoms with Gasteiger partial charge < -0.3 is 9.64 Å². The minimum absolute atomic E-state index is 0.826. The summed E-state index contributed by atoms with van der Waals surface area (Å²) in [6.45, 7) is 11.5. The largest absolute Gasteiger partial charge is 0.492 e. The van der Waals surface area contributed by atoms with E-state index in [2.05, 4.69) is 48.8 Å². The van der Waals surface area contributed by atoms with Crippen LogP contribution >= 0.6 is 15.9 Å². The molecule has 0 radical (unpaired) electrons. The van der Waals surface area contributed by atoms with Gasteiger partial charge in [-0.05, 0) is 78.6 Å². The number of quaternary nitrogens is 1. The van der Waals surface area contributed by atoms with Crippen LogP contribution in [0.1, 0.15) is 43.7 Å². The first-order valence-electron chi connectivity index (χ1n) is 8.29. The number of rotatable bonds is 6. The van der Waals surface area contributed by atoms with Crippen molar-refractivity contribution in [3.63, 3.8) is 0 Å². The van der Waals surface area contributed by atoms with Gasteiger partial charge in [0.25, 0.3) is 0 Å². The van der Waals surface area contributed by atoms with Crippen LogP contribution in [-0.2, 0) is 0 Å². The quantitative estimate of drug-likeness (QED) is 0.771. The molecule has 118 valence electrons. The summed E-state index contributed by atoms with van der Waals surface area (Å²) in [6.07, 6.45) is 5.23. The number of aryl methyl sites for hydroxylation is 2. The summed E-state index contributed by atoms with van der Waals surface area (Å²) in [5.41, 5.74) is 2.49. The highest BCUT2D eigenvalue weighted by molar-refractivity contribution is 9.10. The number of halogens is 1. The van der Waals surface area contributed by atoms with Crippen molar-refractivity contribution in [2.45, 2.75) is 46.5 Å². The van der Waals surface area contributed by atoms with Crippen LogP contribution in [0.15, 0.2) is 16.6 Å². The van der Waals surface area contributed by atoms with Crippen LogP contribution in [0, 0.1) is 19.8 Å². The number of hydrogen-bond acceptors (Lipinski definition) is 1. The number of hydrogen-bond donors (Lipinski definition) is 1. The minimum atomic E-state index is 0.826. The Morgan fingerprint density at radius 2 is 1.90 bits per heavy atom. The van der Waals surface area contributed by atoms with E-state index in [1.807, 2.05) is 0 Å². The molecular formula is C18H29BrNO+. The van der Waals surface area contributed by atoms with Crippen molar-refractivity contribution in [2.24, 2.45) is 5.92 Å². The van der Waals surface area contributed by atoms with Gasteiger partial charge in [-0.15, -0.1) is 0 Å². The molecule has 0 atom stereocenters. The fraction of sp³-hybridized carbons (Fsp3) is 0.667. The normalized spacial score (nSPS) is 22.3. The fourth-order valence-corrected chi connectivity index (χ4v) is 3.95. The van der Waals surface area contributed by atoms with Crippen molar-refractivity contribution >= 4 is 15.9 Å². The van der Waals surface area contributed by atoms with Gasteiger partial charge in [-0.2, -0.15) is 0 Å². The molecule has 1 heterocycles. The van der Waals surface area contributed by atoms with E-state index < -0.39 is 0 Å². The number of likely N-dealkylation sites (tertiary alicyclic amines) is 1. The summed E-state index contributed by atoms with van der Waals surface area (Å²) < 4.78 is 7.05. The SMILES string of the molecule is Cc1cc(C)c(OCCCC[NH+]2CCC(C)CC2)c(Br)c1. The van der Waals surface area contributed by atoms with Crippen molar-refractivity contribution < 1.29 is 9.64 Å². The van der Waals surface area contributed by atoms with Crippen molar-refractivity contribution in [2.75, 3.05) is 26.2 Å². The maximum atomic E-state index is 5.97. The molecule has 2 nitrogen and oxygen atoms in total. The Hall–Kier alpha value is -0.540. The summed E-state index contributed by atoms with van der Waals surface area (Å²) >= 11 is 3.61. The van der Waals surface area contributed by atoms with Crippen molar-refractivity contribution in [3.05, 3.63) is 27.7 Å². The van der Waals surface area contributed by atoms with Gasteiger partial charge in [-0.25, -0.2) is 0 Å². The highest BCUT2D eigenvalue weighted by atomic mass is 79.9. The lowest BCUT2D eigenvalue weighted by molar-refractivity contribution is -0.906. The molecule has 1 fully saturated rings. The molecule has 0 aliphatic carbocycles. The number of unbranched alkanes of at least 4 members (excludes halogenated alkanes) is 1. The van der Waals surface area contributed by atoms with E-state index in [4.69, 9.17) is 4.74 Å². The summed E-state index contributed by atoms with van der Waals surface area (Å²) in [4.78, 5) is 1.79. The highest BCUT2D eigenvalue weighted by Gasteiger charge is 2.17. The van der Waals surface area contributed by atoms with E-state index in [0.717, 1.165) is 29.2 Å². The van der Waals surface area contributed by atoms with Crippen LogP contribution in [-0.4, -0.2) is 26.2 Å². The van der Waals surface area contributed by atoms with Crippen LogP contribution in [0.4, 0.5) is 0 Å². The molecule has 3 heteroatoms. The Kier molecular flexibility index (Phi) is 6.56. The maximum absolute atomic E-state index is 5.97. The van der Waals surface area contributed by atoms with Crippen molar-refractivity contribution in [1.29, 1.82) is 0 Å². The molecule has 1 aliphatic rings. The van der Waals surface area contributed by atoms with Crippen LogP contribution in [0.25, 0.3) is 0 Å². The van der Waals surface area contributed by atoms with E-state index in [1.165, 1.54) is 50.0 Å². The topological polar surface area (TPSA) is 13.7 Å². The van der Waals surface area contributed by atoms with E-state index in [0.29, 0.717) is 0 Å². The van der Waals surface area contributed by atoms with E-state index in [9.17, 15) is 0 Å². The van der Waals surface area contributed by atoms with Gasteiger partial charge in [-0.1, -0.05) is 13.0 Å². The van der Waals surface area contributed by atoms with Gasteiger partial charge in [-0.3, -0.25) is 0 Å². The lowest BCUT2D eigenvalue weighted by Gasteiger charge is -2.27. The smallest absolute Gasteiger partial charge is 0.136 e. The molecule has 0 aromatic heterocycles. The number of benzene rings is 1. The minimum Gasteiger partial charge on any atom is -0.492 e. The van der Waals surface area contributed by atoms with Gasteiger partial charge in [0.05, 0.1) is 30.7 Å². The molecule has 1 aliphatic heterocycles. The van der Waals surface area contributed by atoms with Crippen molar-refractivity contribution in [3.8, 4) is 5.75 Å². The third kappa shape index (κ3) is 5.30. The first-order chi connectivity index (χ1) is 10.1. The van der Waals surface area contributed by atoms with Gasteiger partial charge in [0.15, 0.2) is 0 Å². The number of piperidine rings is 1. The summed E-state index contributed by atoms with van der Waals surface area (Å²) in [7, 11) is 0. The summed E-state index contributed by atoms with van der Waals surface area (Å²) in [5.74, 6) is 1.96. The maximum Gasteiger partial charge on any atom is 0.136 e. The van der Waals surface area contributed by atoms with E-state index in [-0.39, 0.29) is 0 Å². The zero-order valence-corrected chi connectivity index (χ0v) is 15.3. The average Bonchev–Trinajstić information content (AvgIpc) is 2.43. The molecule has 0 amide bonds. The first-order valence-corrected chi connectivity index (χ1v) is 9.08. The Balaban J connectivity index is 1.66. The molecule has 1 saturated heterocycles. The molecule has 1 aromatic carbocycles. The Labute approximate surface area is 138 Å². The first kappa shape index (κ1) is 16.8. The third-order valence-electron chi connectivity index (χ3n) is 4.53. The van der Waals surface area contributed by atoms with Gasteiger partial charge in [0, 0.05) is 0 Å². The Morgan fingerprint density at radius 3 is 2.57 bits per heavy atom. The summed E-state index contributed by atoms with van der Waals surface area (Å²) in [6, 6.07) is 4.31. The second kappa shape index (κ2) is 8.19.